The smallest absolute Gasteiger partial charge is 0.243 e. The summed E-state index contributed by atoms with van der Waals surface area (Å²) >= 11 is 0. The van der Waals surface area contributed by atoms with Gasteiger partial charge < -0.3 is 9.47 Å². The number of ether oxygens (including phenoxy) is 2. The Bertz CT molecular complexity index is 922. The van der Waals surface area contributed by atoms with Crippen LogP contribution in [0.1, 0.15) is 36.1 Å². The average molecular weight is 373 g/mol. The third kappa shape index (κ3) is 2.97. The zero-order chi connectivity index (χ0) is 18.3. The minimum absolute atomic E-state index is 0.248. The van der Waals surface area contributed by atoms with Gasteiger partial charge in [-0.25, -0.2) is 8.42 Å². The SMILES string of the molecule is Cc1ccc(S(=O)(=O)N2CCc3cc4c(cc3[C@@H]2C)OCCCO4)cc1. The van der Waals surface area contributed by atoms with Gasteiger partial charge in [0.25, 0.3) is 0 Å². The number of fused-ring (bicyclic) bond motifs is 2. The van der Waals surface area contributed by atoms with E-state index < -0.39 is 10.0 Å². The van der Waals surface area contributed by atoms with Crippen LogP contribution < -0.4 is 9.47 Å². The minimum Gasteiger partial charge on any atom is -0.490 e. The van der Waals surface area contributed by atoms with Crippen LogP contribution in [0.2, 0.25) is 0 Å². The van der Waals surface area contributed by atoms with E-state index in [1.54, 1.807) is 16.4 Å². The molecule has 2 aliphatic heterocycles. The fourth-order valence-corrected chi connectivity index (χ4v) is 5.24. The van der Waals surface area contributed by atoms with E-state index in [1.807, 2.05) is 38.1 Å². The second-order valence-corrected chi connectivity index (χ2v) is 8.79. The number of sulfonamides is 1. The van der Waals surface area contributed by atoms with Gasteiger partial charge in [0.1, 0.15) is 0 Å². The lowest BCUT2D eigenvalue weighted by atomic mass is 9.94. The molecule has 0 saturated carbocycles. The van der Waals surface area contributed by atoms with Gasteiger partial charge in [-0.2, -0.15) is 4.31 Å². The first-order chi connectivity index (χ1) is 12.5. The monoisotopic (exact) mass is 373 g/mol. The highest BCUT2D eigenvalue weighted by molar-refractivity contribution is 7.89. The zero-order valence-corrected chi connectivity index (χ0v) is 15.9. The molecule has 0 N–H and O–H groups in total. The largest absolute Gasteiger partial charge is 0.490 e. The Morgan fingerprint density at radius 2 is 1.69 bits per heavy atom. The lowest BCUT2D eigenvalue weighted by Gasteiger charge is -2.34. The fraction of sp³-hybridized carbons (Fsp3) is 0.400. The number of aryl methyl sites for hydroxylation is 1. The van der Waals surface area contributed by atoms with Gasteiger partial charge in [-0.1, -0.05) is 17.7 Å². The highest BCUT2D eigenvalue weighted by Gasteiger charge is 2.35. The molecule has 0 amide bonds. The van der Waals surface area contributed by atoms with Gasteiger partial charge in [0, 0.05) is 19.0 Å². The van der Waals surface area contributed by atoms with Crippen LogP contribution in [0.5, 0.6) is 11.5 Å². The van der Waals surface area contributed by atoms with Crippen LogP contribution in [-0.2, 0) is 16.4 Å². The Labute approximate surface area is 154 Å². The number of benzene rings is 2. The van der Waals surface area contributed by atoms with E-state index in [1.165, 1.54) is 0 Å². The van der Waals surface area contributed by atoms with Gasteiger partial charge >= 0.3 is 0 Å². The van der Waals surface area contributed by atoms with Crippen molar-refractivity contribution in [3.8, 4) is 11.5 Å². The van der Waals surface area contributed by atoms with E-state index in [0.29, 0.717) is 36.8 Å². The lowest BCUT2D eigenvalue weighted by molar-refractivity contribution is 0.296. The van der Waals surface area contributed by atoms with E-state index in [-0.39, 0.29) is 6.04 Å². The van der Waals surface area contributed by atoms with E-state index in [9.17, 15) is 8.42 Å². The van der Waals surface area contributed by atoms with E-state index in [0.717, 1.165) is 28.9 Å². The normalized spacial score (nSPS) is 20.3. The Balaban J connectivity index is 1.70. The van der Waals surface area contributed by atoms with Crippen LogP contribution in [0.25, 0.3) is 0 Å². The molecule has 0 aromatic heterocycles. The van der Waals surface area contributed by atoms with E-state index >= 15 is 0 Å². The average Bonchev–Trinajstić information content (AvgIpc) is 2.85. The molecule has 6 heteroatoms. The van der Waals surface area contributed by atoms with Crippen LogP contribution in [0, 0.1) is 6.92 Å². The van der Waals surface area contributed by atoms with Crippen LogP contribution in [0.4, 0.5) is 0 Å². The Hall–Kier alpha value is -2.05. The standard InChI is InChI=1S/C20H23NO4S/c1-14-4-6-17(7-5-14)26(22,23)21-9-8-16-12-19-20(13-18(16)15(21)2)25-11-3-10-24-19/h4-7,12-13,15H,3,8-11H2,1-2H3/t15-/m0/s1. The van der Waals surface area contributed by atoms with Crippen LogP contribution in [0.3, 0.4) is 0 Å². The predicted molar refractivity (Wildman–Crippen MR) is 99.2 cm³/mol. The summed E-state index contributed by atoms with van der Waals surface area (Å²) in [5.74, 6) is 1.48. The maximum absolute atomic E-state index is 13.1. The summed E-state index contributed by atoms with van der Waals surface area (Å²) in [6, 6.07) is 10.8. The van der Waals surface area contributed by atoms with Gasteiger partial charge in [0.15, 0.2) is 11.5 Å². The summed E-state index contributed by atoms with van der Waals surface area (Å²) in [5.41, 5.74) is 3.18. The molecule has 0 saturated heterocycles. The van der Waals surface area contributed by atoms with Crippen molar-refractivity contribution in [2.45, 2.75) is 37.6 Å². The van der Waals surface area contributed by atoms with Crippen molar-refractivity contribution in [2.24, 2.45) is 0 Å². The van der Waals surface area contributed by atoms with Crippen molar-refractivity contribution < 1.29 is 17.9 Å². The molecule has 4 rings (SSSR count). The third-order valence-corrected chi connectivity index (χ3v) is 7.10. The highest BCUT2D eigenvalue weighted by Crippen LogP contribution is 2.40. The molecule has 0 aliphatic carbocycles. The van der Waals surface area contributed by atoms with Gasteiger partial charge in [-0.3, -0.25) is 0 Å². The summed E-state index contributed by atoms with van der Waals surface area (Å²) in [6.07, 6.45) is 1.52. The highest BCUT2D eigenvalue weighted by atomic mass is 32.2. The van der Waals surface area contributed by atoms with Gasteiger partial charge in [0.2, 0.25) is 10.0 Å². The molecule has 1 atom stereocenters. The summed E-state index contributed by atoms with van der Waals surface area (Å²) in [6.45, 7) is 5.61. The molecule has 26 heavy (non-hydrogen) atoms. The maximum Gasteiger partial charge on any atom is 0.243 e. The second kappa shape index (κ2) is 6.59. The molecule has 5 nitrogen and oxygen atoms in total. The van der Waals surface area contributed by atoms with Crippen molar-refractivity contribution in [3.05, 3.63) is 53.1 Å². The second-order valence-electron chi connectivity index (χ2n) is 6.90. The van der Waals surface area contributed by atoms with Gasteiger partial charge in [-0.15, -0.1) is 0 Å². The maximum atomic E-state index is 13.1. The van der Waals surface area contributed by atoms with Crippen molar-refractivity contribution in [3.63, 3.8) is 0 Å². The topological polar surface area (TPSA) is 55.8 Å². The molecule has 2 aromatic carbocycles. The summed E-state index contributed by atoms with van der Waals surface area (Å²) in [4.78, 5) is 0.341. The van der Waals surface area contributed by atoms with Crippen molar-refractivity contribution >= 4 is 10.0 Å². The Kier molecular flexibility index (Phi) is 4.40. The van der Waals surface area contributed by atoms with Crippen molar-refractivity contribution in [1.29, 1.82) is 0 Å². The molecule has 0 radical (unpaired) electrons. The molecule has 2 heterocycles. The Morgan fingerprint density at radius 1 is 1.04 bits per heavy atom. The molecule has 0 unspecified atom stereocenters. The molecule has 0 bridgehead atoms. The number of rotatable bonds is 2. The minimum atomic E-state index is -3.54. The quantitative estimate of drug-likeness (QED) is 0.809. The molecule has 138 valence electrons. The summed E-state index contributed by atoms with van der Waals surface area (Å²) in [7, 11) is -3.54. The van der Waals surface area contributed by atoms with Gasteiger partial charge in [0.05, 0.1) is 18.1 Å². The first-order valence-corrected chi connectivity index (χ1v) is 10.4. The Morgan fingerprint density at radius 3 is 2.38 bits per heavy atom. The lowest BCUT2D eigenvalue weighted by Crippen LogP contribution is -2.38. The zero-order valence-electron chi connectivity index (χ0n) is 15.1. The molecular weight excluding hydrogens is 350 g/mol. The first kappa shape index (κ1) is 17.4. The van der Waals surface area contributed by atoms with E-state index in [2.05, 4.69) is 0 Å². The number of hydrogen-bond acceptors (Lipinski definition) is 4. The summed E-state index contributed by atoms with van der Waals surface area (Å²) in [5, 5.41) is 0. The first-order valence-electron chi connectivity index (χ1n) is 8.98. The third-order valence-electron chi connectivity index (χ3n) is 5.12. The number of hydrogen-bond donors (Lipinski definition) is 0. The molecular formula is C20H23NO4S. The van der Waals surface area contributed by atoms with Crippen LogP contribution in [-0.4, -0.2) is 32.5 Å². The molecule has 2 aliphatic rings. The van der Waals surface area contributed by atoms with Crippen LogP contribution in [0.15, 0.2) is 41.3 Å². The van der Waals surface area contributed by atoms with Crippen LogP contribution >= 0.6 is 0 Å². The van der Waals surface area contributed by atoms with Crippen molar-refractivity contribution in [1.82, 2.24) is 4.31 Å². The summed E-state index contributed by atoms with van der Waals surface area (Å²) < 4.78 is 39.4. The molecule has 0 fully saturated rings. The predicted octanol–water partition coefficient (Wildman–Crippen LogP) is 3.46. The van der Waals surface area contributed by atoms with E-state index in [4.69, 9.17) is 9.47 Å². The van der Waals surface area contributed by atoms with Gasteiger partial charge in [-0.05, 0) is 55.7 Å². The molecule has 0 spiro atoms. The number of nitrogens with zero attached hydrogens (tertiary/aromatic N) is 1. The molecule has 2 aromatic rings. The van der Waals surface area contributed by atoms with Crippen molar-refractivity contribution in [2.75, 3.05) is 19.8 Å². The fourth-order valence-electron chi connectivity index (χ4n) is 3.63.